The van der Waals surface area contributed by atoms with Crippen molar-refractivity contribution in [3.05, 3.63) is 59.7 Å². The van der Waals surface area contributed by atoms with E-state index < -0.39 is 0 Å². The Morgan fingerprint density at radius 2 is 1.92 bits per heavy atom. The summed E-state index contributed by atoms with van der Waals surface area (Å²) < 4.78 is 13.4. The van der Waals surface area contributed by atoms with Crippen LogP contribution in [0.4, 0.5) is 10.1 Å². The van der Waals surface area contributed by atoms with Crippen LogP contribution in [0.5, 0.6) is 0 Å². The predicted octanol–water partition coefficient (Wildman–Crippen LogP) is 4.96. The van der Waals surface area contributed by atoms with Gasteiger partial charge in [0.05, 0.1) is 5.69 Å². The van der Waals surface area contributed by atoms with Crippen molar-refractivity contribution in [1.82, 2.24) is 4.98 Å². The molecule has 0 spiro atoms. The van der Waals surface area contributed by atoms with Gasteiger partial charge in [0.15, 0.2) is 0 Å². The van der Waals surface area contributed by atoms with Crippen molar-refractivity contribution in [3.63, 3.8) is 0 Å². The molecule has 1 amide bonds. The minimum absolute atomic E-state index is 0.0896. The molecular formula is C19H15FN2OS. The van der Waals surface area contributed by atoms with Gasteiger partial charge in [0.1, 0.15) is 10.8 Å². The number of rotatable bonds is 4. The second kappa shape index (κ2) is 6.17. The van der Waals surface area contributed by atoms with E-state index >= 15 is 0 Å². The number of carbonyl (C=O) groups excluding carboxylic acids is 1. The van der Waals surface area contributed by atoms with E-state index in [-0.39, 0.29) is 17.6 Å². The highest BCUT2D eigenvalue weighted by Gasteiger charge is 2.29. The van der Waals surface area contributed by atoms with Crippen molar-refractivity contribution in [3.8, 4) is 21.8 Å². The first kappa shape index (κ1) is 15.0. The van der Waals surface area contributed by atoms with E-state index in [4.69, 9.17) is 0 Å². The number of benzene rings is 2. The zero-order chi connectivity index (χ0) is 16.5. The summed E-state index contributed by atoms with van der Waals surface area (Å²) in [6.45, 7) is 0. The third kappa shape index (κ3) is 3.21. The van der Waals surface area contributed by atoms with Crippen molar-refractivity contribution < 1.29 is 9.18 Å². The molecule has 0 bridgehead atoms. The number of thiazole rings is 1. The average molecular weight is 338 g/mol. The predicted molar refractivity (Wildman–Crippen MR) is 94.3 cm³/mol. The molecule has 1 N–H and O–H groups in total. The van der Waals surface area contributed by atoms with Crippen LogP contribution in [0.25, 0.3) is 21.8 Å². The van der Waals surface area contributed by atoms with Crippen LogP contribution >= 0.6 is 11.3 Å². The smallest absolute Gasteiger partial charge is 0.227 e. The van der Waals surface area contributed by atoms with Gasteiger partial charge in [-0.05, 0) is 37.1 Å². The van der Waals surface area contributed by atoms with Crippen molar-refractivity contribution in [2.45, 2.75) is 12.8 Å². The minimum atomic E-state index is -0.271. The Morgan fingerprint density at radius 3 is 2.71 bits per heavy atom. The number of amides is 1. The zero-order valence-corrected chi connectivity index (χ0v) is 13.6. The Bertz CT molecular complexity index is 902. The van der Waals surface area contributed by atoms with Crippen LogP contribution in [0.3, 0.4) is 0 Å². The van der Waals surface area contributed by atoms with E-state index in [0.717, 1.165) is 40.4 Å². The molecule has 120 valence electrons. The van der Waals surface area contributed by atoms with Crippen LogP contribution in [-0.4, -0.2) is 10.9 Å². The van der Waals surface area contributed by atoms with Crippen LogP contribution in [0.1, 0.15) is 12.8 Å². The SMILES string of the molecule is O=C(Nc1cccc(-c2nc(-c3cccc(F)c3)cs2)c1)C1CC1. The summed E-state index contributed by atoms with van der Waals surface area (Å²) in [4.78, 5) is 16.5. The molecule has 4 rings (SSSR count). The van der Waals surface area contributed by atoms with Gasteiger partial charge in [-0.15, -0.1) is 11.3 Å². The molecule has 2 aromatic carbocycles. The lowest BCUT2D eigenvalue weighted by molar-refractivity contribution is -0.117. The van der Waals surface area contributed by atoms with E-state index in [1.807, 2.05) is 35.7 Å². The lowest BCUT2D eigenvalue weighted by Gasteiger charge is -2.05. The highest BCUT2D eigenvalue weighted by Crippen LogP contribution is 2.32. The summed E-state index contributed by atoms with van der Waals surface area (Å²) in [5, 5.41) is 5.71. The van der Waals surface area contributed by atoms with Crippen LogP contribution in [0.15, 0.2) is 53.9 Å². The first-order valence-corrected chi connectivity index (χ1v) is 8.70. The number of halogens is 1. The van der Waals surface area contributed by atoms with E-state index in [1.54, 1.807) is 6.07 Å². The molecule has 0 unspecified atom stereocenters. The quantitative estimate of drug-likeness (QED) is 0.730. The highest BCUT2D eigenvalue weighted by molar-refractivity contribution is 7.13. The molecular weight excluding hydrogens is 323 g/mol. The number of aromatic nitrogens is 1. The highest BCUT2D eigenvalue weighted by atomic mass is 32.1. The van der Waals surface area contributed by atoms with Crippen molar-refractivity contribution in [2.24, 2.45) is 5.92 Å². The summed E-state index contributed by atoms with van der Waals surface area (Å²) in [5.41, 5.74) is 3.24. The Morgan fingerprint density at radius 1 is 1.12 bits per heavy atom. The van der Waals surface area contributed by atoms with E-state index in [1.165, 1.54) is 23.5 Å². The number of hydrogen-bond acceptors (Lipinski definition) is 3. The Balaban J connectivity index is 1.59. The van der Waals surface area contributed by atoms with Crippen LogP contribution in [0.2, 0.25) is 0 Å². The van der Waals surface area contributed by atoms with Crippen LogP contribution in [0, 0.1) is 11.7 Å². The van der Waals surface area contributed by atoms with Gasteiger partial charge in [-0.2, -0.15) is 0 Å². The molecule has 3 aromatic rings. The molecule has 1 heterocycles. The molecule has 3 nitrogen and oxygen atoms in total. The molecule has 1 saturated carbocycles. The van der Waals surface area contributed by atoms with Gasteiger partial charge in [0.25, 0.3) is 0 Å². The van der Waals surface area contributed by atoms with Crippen molar-refractivity contribution >= 4 is 22.9 Å². The molecule has 0 saturated heterocycles. The summed E-state index contributed by atoms with van der Waals surface area (Å²) in [7, 11) is 0. The fourth-order valence-corrected chi connectivity index (χ4v) is 3.33. The van der Waals surface area contributed by atoms with E-state index in [9.17, 15) is 9.18 Å². The Labute approximate surface area is 143 Å². The van der Waals surface area contributed by atoms with Crippen molar-refractivity contribution in [2.75, 3.05) is 5.32 Å². The summed E-state index contributed by atoms with van der Waals surface area (Å²) in [5.74, 6) is -0.00771. The van der Waals surface area contributed by atoms with Gasteiger partial charge in [-0.1, -0.05) is 24.3 Å². The summed E-state index contributed by atoms with van der Waals surface area (Å²) >= 11 is 1.50. The fraction of sp³-hybridized carbons (Fsp3) is 0.158. The van der Waals surface area contributed by atoms with Gasteiger partial charge < -0.3 is 5.32 Å². The maximum absolute atomic E-state index is 13.4. The average Bonchev–Trinajstić information content (AvgIpc) is 3.32. The fourth-order valence-electron chi connectivity index (χ4n) is 2.51. The topological polar surface area (TPSA) is 42.0 Å². The molecule has 24 heavy (non-hydrogen) atoms. The molecule has 1 fully saturated rings. The third-order valence-corrected chi connectivity index (χ3v) is 4.84. The zero-order valence-electron chi connectivity index (χ0n) is 12.8. The van der Waals surface area contributed by atoms with E-state index in [2.05, 4.69) is 10.3 Å². The maximum Gasteiger partial charge on any atom is 0.227 e. The monoisotopic (exact) mass is 338 g/mol. The van der Waals surface area contributed by atoms with Gasteiger partial charge in [0, 0.05) is 28.1 Å². The van der Waals surface area contributed by atoms with Crippen molar-refractivity contribution in [1.29, 1.82) is 0 Å². The molecule has 1 aromatic heterocycles. The molecule has 0 aliphatic heterocycles. The number of nitrogens with one attached hydrogen (secondary N) is 1. The Kier molecular flexibility index (Phi) is 3.86. The van der Waals surface area contributed by atoms with Crippen LogP contribution < -0.4 is 5.32 Å². The second-order valence-corrected chi connectivity index (χ2v) is 6.75. The molecule has 5 heteroatoms. The Hall–Kier alpha value is -2.53. The lowest BCUT2D eigenvalue weighted by Crippen LogP contribution is -2.13. The van der Waals surface area contributed by atoms with Gasteiger partial charge in [-0.3, -0.25) is 4.79 Å². The lowest BCUT2D eigenvalue weighted by atomic mass is 10.1. The van der Waals surface area contributed by atoms with Gasteiger partial charge in [0.2, 0.25) is 5.91 Å². The van der Waals surface area contributed by atoms with Crippen LogP contribution in [-0.2, 0) is 4.79 Å². The standard InChI is InChI=1S/C19H15FN2OS/c20-15-5-1-3-13(9-15)17-11-24-19(22-17)14-4-2-6-16(10-14)21-18(23)12-7-8-12/h1-6,9-12H,7-8H2,(H,21,23). The largest absolute Gasteiger partial charge is 0.326 e. The van der Waals surface area contributed by atoms with Gasteiger partial charge in [-0.25, -0.2) is 9.37 Å². The number of carbonyl (C=O) groups is 1. The van der Waals surface area contributed by atoms with Gasteiger partial charge >= 0.3 is 0 Å². The first-order chi connectivity index (χ1) is 11.7. The van der Waals surface area contributed by atoms with E-state index in [0.29, 0.717) is 0 Å². The number of hydrogen-bond donors (Lipinski definition) is 1. The summed E-state index contributed by atoms with van der Waals surface area (Å²) in [6, 6.07) is 14.1. The second-order valence-electron chi connectivity index (χ2n) is 5.89. The minimum Gasteiger partial charge on any atom is -0.326 e. The maximum atomic E-state index is 13.4. The third-order valence-electron chi connectivity index (χ3n) is 3.95. The molecule has 0 radical (unpaired) electrons. The number of anilines is 1. The molecule has 1 aliphatic carbocycles. The molecule has 1 aliphatic rings. The molecule has 0 atom stereocenters. The first-order valence-electron chi connectivity index (χ1n) is 7.82. The number of nitrogens with zero attached hydrogens (tertiary/aromatic N) is 1. The normalized spacial score (nSPS) is 13.7. The summed E-state index contributed by atoms with van der Waals surface area (Å²) in [6.07, 6.45) is 1.96.